The fraction of sp³-hybridized carbons (Fsp3) is 0.154. The number of halogens is 8. The highest BCUT2D eigenvalue weighted by Crippen LogP contribution is 2.24. The molecule has 0 aromatic heterocycles. The molecule has 0 aliphatic heterocycles. The topological polar surface area (TPSA) is 0 Å². The summed E-state index contributed by atoms with van der Waals surface area (Å²) in [5.41, 5.74) is 7.92. The molecule has 6 aromatic carbocycles. The first kappa shape index (κ1) is 44.1. The lowest BCUT2D eigenvalue weighted by Gasteiger charge is -2.05. The summed E-state index contributed by atoms with van der Waals surface area (Å²) >= 11 is 0. The van der Waals surface area contributed by atoms with Crippen LogP contribution in [0.1, 0.15) is 89.0 Å². The molecule has 0 amide bonds. The second-order valence-electron chi connectivity index (χ2n) is 14.2. The molecule has 0 nitrogen and oxygen atoms in total. The van der Waals surface area contributed by atoms with E-state index >= 15 is 0 Å². The largest absolute Gasteiger partial charge is 0.203 e. The zero-order valence-electron chi connectivity index (χ0n) is 34.0. The second kappa shape index (κ2) is 18.7. The van der Waals surface area contributed by atoms with Gasteiger partial charge in [-0.25, -0.2) is 35.1 Å². The highest BCUT2D eigenvalue weighted by atomic mass is 19.2. The first-order valence-corrected chi connectivity index (χ1v) is 18.5. The minimum absolute atomic E-state index is 0.433. The summed E-state index contributed by atoms with van der Waals surface area (Å²) in [6.07, 6.45) is 0. The van der Waals surface area contributed by atoms with Gasteiger partial charge in [-0.1, -0.05) is 65.1 Å². The molecule has 0 saturated carbocycles. The lowest BCUT2D eigenvalue weighted by atomic mass is 10.00. The van der Waals surface area contributed by atoms with Gasteiger partial charge in [0, 0.05) is 44.5 Å². The highest BCUT2D eigenvalue weighted by molar-refractivity contribution is 5.54. The minimum atomic E-state index is -1.50. The van der Waals surface area contributed by atoms with Crippen molar-refractivity contribution in [3.8, 4) is 47.4 Å². The number of rotatable bonds is 0. The number of hydrogen-bond acceptors (Lipinski definition) is 0. The van der Waals surface area contributed by atoms with Crippen LogP contribution in [0.3, 0.4) is 0 Å². The van der Waals surface area contributed by atoms with Crippen molar-refractivity contribution in [1.29, 1.82) is 0 Å². The Hall–Kier alpha value is -7.00. The molecule has 0 N–H and O–H groups in total. The standard InChI is InChI=1S/2C26H18F4/c1-15-13-16(2)21(17(3)14-15)11-9-19-5-7-20(8-6-19)10-12-22-25(29)23(27)18(4)24(28)26(22)30;1-15-13-21(14-16(2)17(15)3)10-9-19-5-7-20(8-6-19)11-12-22-25(29)23(27)18(4)24(28)26(22)30/h2*5-8,13-14H,1-4H3. The van der Waals surface area contributed by atoms with Crippen molar-refractivity contribution in [3.63, 3.8) is 0 Å². The van der Waals surface area contributed by atoms with Gasteiger partial charge in [-0.15, -0.1) is 0 Å². The smallest absolute Gasteiger partial charge is 0.177 e. The van der Waals surface area contributed by atoms with Crippen molar-refractivity contribution >= 4 is 0 Å². The Balaban J connectivity index is 0.000000228. The van der Waals surface area contributed by atoms with Gasteiger partial charge in [0.25, 0.3) is 0 Å². The molecule has 0 aliphatic rings. The predicted octanol–water partition coefficient (Wildman–Crippen LogP) is 12.6. The van der Waals surface area contributed by atoms with Crippen molar-refractivity contribution in [1.82, 2.24) is 0 Å². The molecule has 0 bridgehead atoms. The third-order valence-electron chi connectivity index (χ3n) is 9.69. The van der Waals surface area contributed by atoms with Gasteiger partial charge < -0.3 is 0 Å². The summed E-state index contributed by atoms with van der Waals surface area (Å²) in [5, 5.41) is 0. The average molecular weight is 813 g/mol. The van der Waals surface area contributed by atoms with Gasteiger partial charge in [0.05, 0.1) is 0 Å². The van der Waals surface area contributed by atoms with E-state index in [1.807, 2.05) is 46.8 Å². The van der Waals surface area contributed by atoms with Gasteiger partial charge in [0.15, 0.2) is 46.5 Å². The SMILES string of the molecule is Cc1cc(C#Cc2ccc(C#Cc3c(F)c(F)c(C)c(F)c3F)cc2)cc(C)c1C.Cc1cc(C)c(C#Cc2ccc(C#Cc3c(F)c(F)c(C)c(F)c3F)cc2)c(C)c1. The summed E-state index contributed by atoms with van der Waals surface area (Å²) in [6.45, 7) is 14.1. The number of aryl methyl sites for hydroxylation is 5. The van der Waals surface area contributed by atoms with Crippen LogP contribution in [0.25, 0.3) is 0 Å². The van der Waals surface area contributed by atoms with E-state index < -0.39 is 68.8 Å². The molecular formula is C52H36F8. The van der Waals surface area contributed by atoms with Crippen LogP contribution in [0.2, 0.25) is 0 Å². The number of benzene rings is 6. The molecule has 0 saturated heterocycles. The Labute approximate surface area is 345 Å². The third kappa shape index (κ3) is 9.99. The van der Waals surface area contributed by atoms with E-state index in [0.29, 0.717) is 11.1 Å². The predicted molar refractivity (Wildman–Crippen MR) is 220 cm³/mol. The lowest BCUT2D eigenvalue weighted by Crippen LogP contribution is -2.03. The van der Waals surface area contributed by atoms with Crippen LogP contribution >= 0.6 is 0 Å². The van der Waals surface area contributed by atoms with Crippen LogP contribution in [0.5, 0.6) is 0 Å². The van der Waals surface area contributed by atoms with E-state index in [1.54, 1.807) is 48.5 Å². The van der Waals surface area contributed by atoms with Gasteiger partial charge in [-0.05, 0) is 144 Å². The van der Waals surface area contributed by atoms with Gasteiger partial charge in [-0.2, -0.15) is 0 Å². The molecule has 0 radical (unpaired) electrons. The Morgan fingerprint density at radius 3 is 0.850 bits per heavy atom. The molecular weight excluding hydrogens is 777 g/mol. The normalized spacial score (nSPS) is 10.1. The first-order valence-electron chi connectivity index (χ1n) is 18.5. The van der Waals surface area contributed by atoms with Crippen LogP contribution in [0.15, 0.2) is 72.8 Å². The van der Waals surface area contributed by atoms with Crippen LogP contribution < -0.4 is 0 Å². The van der Waals surface area contributed by atoms with Crippen LogP contribution in [-0.2, 0) is 0 Å². The van der Waals surface area contributed by atoms with Crippen molar-refractivity contribution in [2.45, 2.75) is 55.4 Å². The minimum Gasteiger partial charge on any atom is -0.203 e. The molecule has 0 spiro atoms. The van der Waals surface area contributed by atoms with Crippen LogP contribution in [-0.4, -0.2) is 0 Å². The average Bonchev–Trinajstić information content (AvgIpc) is 3.22. The van der Waals surface area contributed by atoms with Gasteiger partial charge in [0.2, 0.25) is 0 Å². The zero-order valence-corrected chi connectivity index (χ0v) is 34.0. The van der Waals surface area contributed by atoms with Gasteiger partial charge in [0.1, 0.15) is 11.1 Å². The number of hydrogen-bond donors (Lipinski definition) is 0. The van der Waals surface area contributed by atoms with Crippen molar-refractivity contribution in [3.05, 3.63) is 208 Å². The molecule has 6 rings (SSSR count). The summed E-state index contributed by atoms with van der Waals surface area (Å²) < 4.78 is 110. The maximum absolute atomic E-state index is 13.9. The van der Waals surface area contributed by atoms with Gasteiger partial charge >= 0.3 is 0 Å². The first-order chi connectivity index (χ1) is 28.4. The molecule has 0 fully saturated rings. The van der Waals surface area contributed by atoms with Crippen molar-refractivity contribution < 1.29 is 35.1 Å². The summed E-state index contributed by atoms with van der Waals surface area (Å²) in [7, 11) is 0. The Morgan fingerprint density at radius 1 is 0.267 bits per heavy atom. The monoisotopic (exact) mass is 812 g/mol. The molecule has 6 aromatic rings. The van der Waals surface area contributed by atoms with E-state index in [-0.39, 0.29) is 0 Å². The molecule has 8 heteroatoms. The quantitative estimate of drug-likeness (QED) is 0.0814. The van der Waals surface area contributed by atoms with Gasteiger partial charge in [-0.3, -0.25) is 0 Å². The van der Waals surface area contributed by atoms with E-state index in [1.165, 1.54) is 22.3 Å². The lowest BCUT2D eigenvalue weighted by molar-refractivity contribution is 0.442. The maximum Gasteiger partial charge on any atom is 0.177 e. The van der Waals surface area contributed by atoms with E-state index in [9.17, 15) is 35.1 Å². The maximum atomic E-state index is 13.9. The highest BCUT2D eigenvalue weighted by Gasteiger charge is 2.23. The van der Waals surface area contributed by atoms with E-state index in [2.05, 4.69) is 66.4 Å². The fourth-order valence-corrected chi connectivity index (χ4v) is 6.01. The summed E-state index contributed by atoms with van der Waals surface area (Å²) in [5.74, 6) is 10.1. The summed E-state index contributed by atoms with van der Waals surface area (Å²) in [4.78, 5) is 0. The third-order valence-corrected chi connectivity index (χ3v) is 9.69. The van der Waals surface area contributed by atoms with E-state index in [4.69, 9.17) is 0 Å². The molecule has 0 aliphatic carbocycles. The van der Waals surface area contributed by atoms with Crippen molar-refractivity contribution in [2.75, 3.05) is 0 Å². The molecule has 0 atom stereocenters. The molecule has 0 unspecified atom stereocenters. The van der Waals surface area contributed by atoms with Crippen LogP contribution in [0.4, 0.5) is 35.1 Å². The second-order valence-corrected chi connectivity index (χ2v) is 14.2. The Kier molecular flexibility index (Phi) is 13.8. The fourth-order valence-electron chi connectivity index (χ4n) is 6.01. The zero-order chi connectivity index (χ0) is 44.0. The molecule has 0 heterocycles. The molecule has 60 heavy (non-hydrogen) atoms. The van der Waals surface area contributed by atoms with E-state index in [0.717, 1.165) is 47.2 Å². The van der Waals surface area contributed by atoms with Crippen LogP contribution in [0, 0.1) is 149 Å². The van der Waals surface area contributed by atoms with Crippen molar-refractivity contribution in [2.24, 2.45) is 0 Å². The summed E-state index contributed by atoms with van der Waals surface area (Å²) in [6, 6.07) is 21.6. The Morgan fingerprint density at radius 2 is 0.533 bits per heavy atom. The Bertz CT molecular complexity index is 2820. The molecule has 300 valence electrons.